The van der Waals surface area contributed by atoms with E-state index in [1.54, 1.807) is 0 Å². The fourth-order valence-corrected chi connectivity index (χ4v) is 2.72. The van der Waals surface area contributed by atoms with Crippen molar-refractivity contribution in [1.29, 1.82) is 0 Å². The molecular formula is C14H11O2-. The zero-order chi connectivity index (χ0) is 11.1. The maximum absolute atomic E-state index is 10.7. The predicted molar refractivity (Wildman–Crippen MR) is 60.0 cm³/mol. The van der Waals surface area contributed by atoms with E-state index in [9.17, 15) is 9.90 Å². The molecule has 2 nitrogen and oxygen atoms in total. The van der Waals surface area contributed by atoms with E-state index in [-0.39, 0.29) is 12.3 Å². The van der Waals surface area contributed by atoms with E-state index in [1.165, 1.54) is 16.3 Å². The third-order valence-corrected chi connectivity index (χ3v) is 3.34. The number of carboxylic acids is 1. The Kier molecular flexibility index (Phi) is 1.96. The van der Waals surface area contributed by atoms with Crippen LogP contribution >= 0.6 is 0 Å². The Balaban J connectivity index is 2.17. The monoisotopic (exact) mass is 211 g/mol. The Morgan fingerprint density at radius 2 is 2.00 bits per heavy atom. The van der Waals surface area contributed by atoms with E-state index in [1.807, 2.05) is 18.2 Å². The van der Waals surface area contributed by atoms with Crippen LogP contribution in [0.1, 0.15) is 23.5 Å². The molecule has 0 saturated carbocycles. The van der Waals surface area contributed by atoms with Crippen LogP contribution < -0.4 is 5.11 Å². The second kappa shape index (κ2) is 3.34. The van der Waals surface area contributed by atoms with Gasteiger partial charge in [0.2, 0.25) is 0 Å². The molecule has 1 atom stereocenters. The third-order valence-electron chi connectivity index (χ3n) is 3.34. The van der Waals surface area contributed by atoms with Crippen molar-refractivity contribution in [3.63, 3.8) is 0 Å². The molecule has 1 aliphatic rings. The lowest BCUT2D eigenvalue weighted by atomic mass is 9.97. The first-order valence-corrected chi connectivity index (χ1v) is 5.46. The fraction of sp³-hybridized carbons (Fsp3) is 0.214. The Hall–Kier alpha value is -1.83. The number of hydrogen-bond acceptors (Lipinski definition) is 2. The largest absolute Gasteiger partial charge is 0.550 e. The predicted octanol–water partition coefficient (Wildman–Crippen LogP) is 1.62. The fourth-order valence-electron chi connectivity index (χ4n) is 2.72. The maximum atomic E-state index is 10.7. The zero-order valence-electron chi connectivity index (χ0n) is 8.77. The van der Waals surface area contributed by atoms with Crippen LogP contribution in [0.25, 0.3) is 10.8 Å². The number of benzene rings is 2. The molecule has 0 saturated heterocycles. The minimum absolute atomic E-state index is 0.0890. The van der Waals surface area contributed by atoms with E-state index in [2.05, 4.69) is 18.2 Å². The molecule has 1 aliphatic carbocycles. The molecule has 1 unspecified atom stereocenters. The first kappa shape index (κ1) is 9.40. The summed E-state index contributed by atoms with van der Waals surface area (Å²) >= 11 is 0. The van der Waals surface area contributed by atoms with Crippen molar-refractivity contribution in [1.82, 2.24) is 0 Å². The molecule has 16 heavy (non-hydrogen) atoms. The average molecular weight is 211 g/mol. The number of carboxylic acid groups (broad SMARTS) is 1. The number of rotatable bonds is 2. The Labute approximate surface area is 93.5 Å². The van der Waals surface area contributed by atoms with E-state index in [0.29, 0.717) is 0 Å². The number of carbonyl (C=O) groups excluding carboxylic acids is 1. The van der Waals surface area contributed by atoms with Crippen LogP contribution in [-0.4, -0.2) is 5.97 Å². The van der Waals surface area contributed by atoms with Gasteiger partial charge in [0.25, 0.3) is 0 Å². The molecule has 0 N–H and O–H groups in total. The van der Waals surface area contributed by atoms with Crippen molar-refractivity contribution >= 4 is 16.7 Å². The van der Waals surface area contributed by atoms with Crippen LogP contribution in [0.2, 0.25) is 0 Å². The molecule has 0 aliphatic heterocycles. The van der Waals surface area contributed by atoms with Gasteiger partial charge in [0.05, 0.1) is 0 Å². The van der Waals surface area contributed by atoms with Crippen molar-refractivity contribution in [3.8, 4) is 0 Å². The van der Waals surface area contributed by atoms with Crippen molar-refractivity contribution in [3.05, 3.63) is 47.5 Å². The highest BCUT2D eigenvalue weighted by molar-refractivity contribution is 5.92. The summed E-state index contributed by atoms with van der Waals surface area (Å²) in [5.41, 5.74) is 2.43. The molecule has 0 heterocycles. The molecule has 0 radical (unpaired) electrons. The van der Waals surface area contributed by atoms with Crippen molar-refractivity contribution in [2.45, 2.75) is 18.8 Å². The smallest absolute Gasteiger partial charge is 0.0420 e. The lowest BCUT2D eigenvalue weighted by molar-refractivity contribution is -0.306. The van der Waals surface area contributed by atoms with Gasteiger partial charge in [-0.2, -0.15) is 0 Å². The van der Waals surface area contributed by atoms with Crippen LogP contribution in [0.4, 0.5) is 0 Å². The second-order valence-corrected chi connectivity index (χ2v) is 4.34. The van der Waals surface area contributed by atoms with Gasteiger partial charge < -0.3 is 9.90 Å². The molecule has 2 aromatic carbocycles. The zero-order valence-corrected chi connectivity index (χ0v) is 8.77. The number of aliphatic carboxylic acids is 1. The molecule has 0 spiro atoms. The van der Waals surface area contributed by atoms with E-state index >= 15 is 0 Å². The standard InChI is InChI=1S/C14H12O2/c15-13(16)8-11-7-10-5-1-3-9-4-2-6-12(11)14(9)10/h1-6,11H,7-8H2,(H,15,16)/p-1. The molecular weight excluding hydrogens is 200 g/mol. The van der Waals surface area contributed by atoms with Gasteiger partial charge in [0, 0.05) is 5.97 Å². The summed E-state index contributed by atoms with van der Waals surface area (Å²) in [7, 11) is 0. The average Bonchev–Trinajstić information content (AvgIpc) is 2.59. The van der Waals surface area contributed by atoms with Crippen LogP contribution in [0.3, 0.4) is 0 Å². The topological polar surface area (TPSA) is 40.1 Å². The Bertz CT molecular complexity index is 567. The summed E-state index contributed by atoms with van der Waals surface area (Å²) in [6, 6.07) is 12.3. The summed E-state index contributed by atoms with van der Waals surface area (Å²) in [5.74, 6) is -0.874. The SMILES string of the molecule is O=C([O-])CC1Cc2cccc3cccc1c23. The van der Waals surface area contributed by atoms with E-state index in [0.717, 1.165) is 12.0 Å². The quantitative estimate of drug-likeness (QED) is 0.757. The van der Waals surface area contributed by atoms with Gasteiger partial charge in [0.15, 0.2) is 0 Å². The van der Waals surface area contributed by atoms with Gasteiger partial charge in [-0.3, -0.25) is 0 Å². The summed E-state index contributed by atoms with van der Waals surface area (Å²) < 4.78 is 0. The second-order valence-electron chi connectivity index (χ2n) is 4.34. The molecule has 3 rings (SSSR count). The van der Waals surface area contributed by atoms with E-state index in [4.69, 9.17) is 0 Å². The Morgan fingerprint density at radius 3 is 2.75 bits per heavy atom. The molecule has 0 amide bonds. The number of carbonyl (C=O) groups is 1. The number of hydrogen-bond donors (Lipinski definition) is 0. The summed E-state index contributed by atoms with van der Waals surface area (Å²) in [5, 5.41) is 13.2. The van der Waals surface area contributed by atoms with Crippen LogP contribution in [0.15, 0.2) is 36.4 Å². The van der Waals surface area contributed by atoms with Crippen LogP contribution in [0.5, 0.6) is 0 Å². The van der Waals surface area contributed by atoms with Gasteiger partial charge >= 0.3 is 0 Å². The lowest BCUT2D eigenvalue weighted by Gasteiger charge is -2.11. The van der Waals surface area contributed by atoms with Crippen LogP contribution in [0, 0.1) is 0 Å². The van der Waals surface area contributed by atoms with Crippen LogP contribution in [-0.2, 0) is 11.2 Å². The minimum Gasteiger partial charge on any atom is -0.550 e. The third kappa shape index (κ3) is 1.30. The highest BCUT2D eigenvalue weighted by atomic mass is 16.4. The van der Waals surface area contributed by atoms with Crippen molar-refractivity contribution in [2.24, 2.45) is 0 Å². The first-order valence-electron chi connectivity index (χ1n) is 5.46. The molecule has 80 valence electrons. The van der Waals surface area contributed by atoms with Gasteiger partial charge in [-0.15, -0.1) is 0 Å². The highest BCUT2D eigenvalue weighted by Gasteiger charge is 2.23. The lowest BCUT2D eigenvalue weighted by Crippen LogP contribution is -2.24. The molecule has 0 fully saturated rings. The first-order chi connectivity index (χ1) is 7.75. The maximum Gasteiger partial charge on any atom is 0.0420 e. The Morgan fingerprint density at radius 1 is 1.25 bits per heavy atom. The summed E-state index contributed by atoms with van der Waals surface area (Å²) in [6.07, 6.45) is 0.943. The van der Waals surface area contributed by atoms with Gasteiger partial charge in [-0.25, -0.2) is 0 Å². The van der Waals surface area contributed by atoms with Crippen molar-refractivity contribution in [2.75, 3.05) is 0 Å². The minimum atomic E-state index is -0.963. The van der Waals surface area contributed by atoms with Gasteiger partial charge in [-0.1, -0.05) is 36.4 Å². The highest BCUT2D eigenvalue weighted by Crippen LogP contribution is 2.39. The molecule has 2 aromatic rings. The summed E-state index contributed by atoms with van der Waals surface area (Å²) in [6.45, 7) is 0. The summed E-state index contributed by atoms with van der Waals surface area (Å²) in [4.78, 5) is 10.7. The molecule has 2 heteroatoms. The normalized spacial score (nSPS) is 17.9. The molecule has 0 aromatic heterocycles. The van der Waals surface area contributed by atoms with E-state index < -0.39 is 5.97 Å². The van der Waals surface area contributed by atoms with Gasteiger partial charge in [-0.05, 0) is 40.7 Å². The molecule has 0 bridgehead atoms. The van der Waals surface area contributed by atoms with Crippen molar-refractivity contribution < 1.29 is 9.90 Å². The van der Waals surface area contributed by atoms with Gasteiger partial charge in [0.1, 0.15) is 0 Å².